The van der Waals surface area contributed by atoms with Crippen LogP contribution >= 0.6 is 0 Å². The number of fused-ring (bicyclic) bond motifs is 2. The van der Waals surface area contributed by atoms with Gasteiger partial charge in [0.1, 0.15) is 6.23 Å². The van der Waals surface area contributed by atoms with Gasteiger partial charge in [-0.1, -0.05) is 0 Å². The van der Waals surface area contributed by atoms with E-state index in [1.54, 1.807) is 19.9 Å². The van der Waals surface area contributed by atoms with Crippen LogP contribution in [0.1, 0.15) is 37.8 Å². The molecule has 176 valence electrons. The zero-order valence-electron chi connectivity index (χ0n) is 17.9. The molecule has 1 aromatic rings. The van der Waals surface area contributed by atoms with Crippen molar-refractivity contribution in [1.29, 1.82) is 5.26 Å². The van der Waals surface area contributed by atoms with Crippen molar-refractivity contribution in [2.45, 2.75) is 56.3 Å². The number of benzene rings is 1. The van der Waals surface area contributed by atoms with Crippen LogP contribution in [-0.4, -0.2) is 48.7 Å². The van der Waals surface area contributed by atoms with Crippen molar-refractivity contribution in [3.8, 4) is 6.07 Å². The molecule has 0 unspecified atom stereocenters. The number of alkyl halides is 3. The van der Waals surface area contributed by atoms with Gasteiger partial charge < -0.3 is 19.5 Å². The number of halogens is 3. The van der Waals surface area contributed by atoms with Gasteiger partial charge in [-0.05, 0) is 32.0 Å². The summed E-state index contributed by atoms with van der Waals surface area (Å²) in [5.74, 6) is -1.49. The minimum atomic E-state index is -4.75. The van der Waals surface area contributed by atoms with E-state index < -0.39 is 58.7 Å². The number of hydrogen-bond acceptors (Lipinski definition) is 6. The quantitative estimate of drug-likeness (QED) is 0.737. The zero-order chi connectivity index (χ0) is 23.8. The van der Waals surface area contributed by atoms with E-state index >= 15 is 0 Å². The highest BCUT2D eigenvalue weighted by Crippen LogP contribution is 2.65. The first-order valence-corrected chi connectivity index (χ1v) is 10.8. The molecule has 1 N–H and O–H groups in total. The van der Waals surface area contributed by atoms with Crippen molar-refractivity contribution in [1.82, 2.24) is 5.32 Å². The number of nitrogens with zero attached hydrogens (tertiary/aromatic N) is 2. The van der Waals surface area contributed by atoms with Crippen molar-refractivity contribution >= 4 is 17.7 Å². The van der Waals surface area contributed by atoms with E-state index in [-0.39, 0.29) is 24.8 Å². The zero-order valence-corrected chi connectivity index (χ0v) is 17.9. The molecule has 6 atom stereocenters. The minimum absolute atomic E-state index is 0.0145. The van der Waals surface area contributed by atoms with Crippen LogP contribution in [0.4, 0.5) is 23.7 Å². The highest BCUT2D eigenvalue weighted by atomic mass is 19.4. The summed E-state index contributed by atoms with van der Waals surface area (Å²) in [5, 5.41) is 11.9. The van der Waals surface area contributed by atoms with E-state index in [1.165, 1.54) is 11.0 Å². The third kappa shape index (κ3) is 2.97. The molecule has 2 amide bonds. The summed E-state index contributed by atoms with van der Waals surface area (Å²) < 4.78 is 58.0. The van der Waals surface area contributed by atoms with Crippen LogP contribution in [0.2, 0.25) is 0 Å². The number of carbonyl (C=O) groups is 2. The number of carbonyl (C=O) groups excluding carboxylic acids is 2. The standard InChI is InChI=1S/C22H22F3N3O5/c1-3-31-19(30)27-14-9-20(2)15-16-18(32-7-6-21(14,16)33-20)28(17(15)29)12-5-4-11(10-26)13(8-12)22(23,24)25/h4-5,8,14-16,18H,3,6-7,9H2,1-2H3,(H,27,30)/t14-,15+,16-,18-,20+,21-/m0/s1. The average molecular weight is 465 g/mol. The molecule has 11 heteroatoms. The summed E-state index contributed by atoms with van der Waals surface area (Å²) >= 11 is 0. The van der Waals surface area contributed by atoms with Gasteiger partial charge in [-0.15, -0.1) is 0 Å². The molecule has 4 aliphatic rings. The molecule has 0 aromatic heterocycles. The SMILES string of the molecule is CCOC(=O)N[C@H]1C[C@@]2(C)O[C@@]13CCO[C@H]1[C@@H]3[C@@H]2C(=O)N1c1ccc(C#N)c(C(F)(F)F)c1. The number of alkyl carbamates (subject to hydrolysis) is 1. The number of anilines is 1. The largest absolute Gasteiger partial charge is 0.450 e. The predicted octanol–water partition coefficient (Wildman–Crippen LogP) is 2.95. The third-order valence-electron chi connectivity index (χ3n) is 7.32. The molecule has 0 saturated carbocycles. The molecular weight excluding hydrogens is 443 g/mol. The van der Waals surface area contributed by atoms with Crippen LogP contribution in [0.3, 0.4) is 0 Å². The van der Waals surface area contributed by atoms with Crippen LogP contribution in [0.5, 0.6) is 0 Å². The third-order valence-corrected chi connectivity index (χ3v) is 7.32. The first-order valence-electron chi connectivity index (χ1n) is 10.8. The number of hydrogen-bond donors (Lipinski definition) is 1. The number of nitrogens with one attached hydrogen (secondary N) is 1. The van der Waals surface area contributed by atoms with E-state index in [2.05, 4.69) is 5.32 Å². The maximum atomic E-state index is 13.6. The Kier molecular flexibility index (Phi) is 4.71. The van der Waals surface area contributed by atoms with E-state index in [1.807, 2.05) is 0 Å². The molecule has 4 heterocycles. The van der Waals surface area contributed by atoms with E-state index in [0.717, 1.165) is 12.1 Å². The molecule has 33 heavy (non-hydrogen) atoms. The highest BCUT2D eigenvalue weighted by molar-refractivity contribution is 6.00. The van der Waals surface area contributed by atoms with Crippen LogP contribution in [0.15, 0.2) is 18.2 Å². The van der Waals surface area contributed by atoms with Crippen LogP contribution in [0.25, 0.3) is 0 Å². The van der Waals surface area contributed by atoms with Gasteiger partial charge in [-0.25, -0.2) is 4.79 Å². The summed E-state index contributed by atoms with van der Waals surface area (Å²) in [6.45, 7) is 3.89. The molecule has 0 aliphatic carbocycles. The van der Waals surface area contributed by atoms with Gasteiger partial charge in [0.15, 0.2) is 0 Å². The van der Waals surface area contributed by atoms with Crippen LogP contribution in [0, 0.1) is 23.2 Å². The number of rotatable bonds is 3. The first kappa shape index (κ1) is 22.0. The van der Waals surface area contributed by atoms with Crippen molar-refractivity contribution in [2.24, 2.45) is 11.8 Å². The number of amides is 2. The molecule has 2 bridgehead atoms. The maximum absolute atomic E-state index is 13.6. The summed E-state index contributed by atoms with van der Waals surface area (Å²) in [6.07, 6.45) is -5.38. The lowest BCUT2D eigenvalue weighted by Crippen LogP contribution is -2.61. The molecule has 5 rings (SSSR count). The molecule has 4 fully saturated rings. The van der Waals surface area contributed by atoms with Crippen molar-refractivity contribution in [3.05, 3.63) is 29.3 Å². The van der Waals surface area contributed by atoms with Gasteiger partial charge >= 0.3 is 12.3 Å². The van der Waals surface area contributed by atoms with Crippen molar-refractivity contribution in [3.63, 3.8) is 0 Å². The fraction of sp³-hybridized carbons (Fsp3) is 0.591. The second-order valence-electron chi connectivity index (χ2n) is 9.05. The van der Waals surface area contributed by atoms with Gasteiger partial charge in [0.2, 0.25) is 5.91 Å². The number of ether oxygens (including phenoxy) is 3. The Balaban J connectivity index is 1.54. The van der Waals surface area contributed by atoms with Gasteiger partial charge in [-0.3, -0.25) is 9.69 Å². The number of nitriles is 1. The Morgan fingerprint density at radius 2 is 2.18 bits per heavy atom. The summed E-state index contributed by atoms with van der Waals surface area (Å²) in [5.41, 5.74) is -3.41. The summed E-state index contributed by atoms with van der Waals surface area (Å²) in [4.78, 5) is 27.0. The summed E-state index contributed by atoms with van der Waals surface area (Å²) in [7, 11) is 0. The second kappa shape index (κ2) is 7.08. The molecule has 4 saturated heterocycles. The lowest BCUT2D eigenvalue weighted by molar-refractivity contribution is -0.144. The lowest BCUT2D eigenvalue weighted by atomic mass is 9.64. The van der Waals surface area contributed by atoms with Crippen LogP contribution < -0.4 is 10.2 Å². The molecule has 1 aromatic carbocycles. The monoisotopic (exact) mass is 465 g/mol. The minimum Gasteiger partial charge on any atom is -0.450 e. The smallest absolute Gasteiger partial charge is 0.417 e. The highest BCUT2D eigenvalue weighted by Gasteiger charge is 2.78. The van der Waals surface area contributed by atoms with Gasteiger partial charge in [0, 0.05) is 18.5 Å². The fourth-order valence-corrected chi connectivity index (χ4v) is 6.22. The van der Waals surface area contributed by atoms with E-state index in [9.17, 15) is 22.8 Å². The molecule has 0 radical (unpaired) electrons. The first-order chi connectivity index (χ1) is 15.6. The Bertz CT molecular complexity index is 1070. The Morgan fingerprint density at radius 3 is 2.85 bits per heavy atom. The second-order valence-corrected chi connectivity index (χ2v) is 9.05. The molecule has 8 nitrogen and oxygen atoms in total. The Hall–Kier alpha value is -2.84. The van der Waals surface area contributed by atoms with E-state index in [0.29, 0.717) is 12.8 Å². The van der Waals surface area contributed by atoms with Gasteiger partial charge in [0.05, 0.1) is 59.5 Å². The lowest BCUT2D eigenvalue weighted by Gasteiger charge is -2.45. The van der Waals surface area contributed by atoms with Crippen molar-refractivity contribution < 1.29 is 37.0 Å². The molecular formula is C22H22F3N3O5. The Labute approximate surface area is 187 Å². The fourth-order valence-electron chi connectivity index (χ4n) is 6.22. The summed E-state index contributed by atoms with van der Waals surface area (Å²) in [6, 6.07) is 4.35. The Morgan fingerprint density at radius 1 is 1.42 bits per heavy atom. The van der Waals surface area contributed by atoms with Crippen LogP contribution in [-0.2, 0) is 25.2 Å². The molecule has 1 spiro atoms. The average Bonchev–Trinajstić information content (AvgIpc) is 3.31. The maximum Gasteiger partial charge on any atom is 0.417 e. The molecule has 4 aliphatic heterocycles. The van der Waals surface area contributed by atoms with Gasteiger partial charge in [0.25, 0.3) is 0 Å². The van der Waals surface area contributed by atoms with Crippen molar-refractivity contribution in [2.75, 3.05) is 18.1 Å². The van der Waals surface area contributed by atoms with Gasteiger partial charge in [-0.2, -0.15) is 18.4 Å². The van der Waals surface area contributed by atoms with E-state index in [4.69, 9.17) is 19.5 Å². The topological polar surface area (TPSA) is 101 Å². The normalized spacial score (nSPS) is 36.5. The predicted molar refractivity (Wildman–Crippen MR) is 106 cm³/mol.